The summed E-state index contributed by atoms with van der Waals surface area (Å²) < 4.78 is 6.66. The second-order valence-electron chi connectivity index (χ2n) is 3.56. The van der Waals surface area contributed by atoms with E-state index in [2.05, 4.69) is 26.2 Å². The second-order valence-corrected chi connectivity index (χ2v) is 4.47. The summed E-state index contributed by atoms with van der Waals surface area (Å²) in [5.74, 6) is 1.38. The van der Waals surface area contributed by atoms with Gasteiger partial charge in [-0.2, -0.15) is 0 Å². The Balaban J connectivity index is 2.15. The molecule has 0 atom stereocenters. The van der Waals surface area contributed by atoms with Crippen LogP contribution in [0.3, 0.4) is 0 Å². The minimum absolute atomic E-state index is 0.607. The van der Waals surface area contributed by atoms with Gasteiger partial charge in [0.2, 0.25) is 5.88 Å². The molecule has 0 spiro atoms. The highest BCUT2D eigenvalue weighted by Crippen LogP contribution is 2.22. The maximum absolute atomic E-state index is 5.68. The lowest BCUT2D eigenvalue weighted by Crippen LogP contribution is -2.06. The minimum Gasteiger partial charge on any atom is -0.439 e. The number of benzene rings is 1. The van der Waals surface area contributed by atoms with Crippen molar-refractivity contribution >= 4 is 15.9 Å². The van der Waals surface area contributed by atoms with Gasteiger partial charge in [-0.25, -0.2) is 4.98 Å². The highest BCUT2D eigenvalue weighted by atomic mass is 79.9. The van der Waals surface area contributed by atoms with Crippen LogP contribution >= 0.6 is 15.9 Å². The number of pyridine rings is 1. The van der Waals surface area contributed by atoms with Crippen LogP contribution in [-0.2, 0) is 6.54 Å². The molecule has 3 nitrogen and oxygen atoms in total. The lowest BCUT2D eigenvalue weighted by molar-refractivity contribution is 0.460. The van der Waals surface area contributed by atoms with Crippen LogP contribution in [0.5, 0.6) is 11.6 Å². The Morgan fingerprint density at radius 1 is 1.24 bits per heavy atom. The highest BCUT2D eigenvalue weighted by molar-refractivity contribution is 9.10. The molecule has 88 valence electrons. The maximum Gasteiger partial charge on any atom is 0.219 e. The van der Waals surface area contributed by atoms with E-state index in [9.17, 15) is 0 Å². The third kappa shape index (κ3) is 3.54. The number of nitrogens with zero attached hydrogens (tertiary/aromatic N) is 1. The standard InChI is InChI=1S/C13H13BrN2O/c1-15-9-11-5-3-7-13(16-11)17-12-6-2-4-10(14)8-12/h2-8,15H,9H2,1H3. The van der Waals surface area contributed by atoms with Crippen LogP contribution in [0.1, 0.15) is 5.69 Å². The summed E-state index contributed by atoms with van der Waals surface area (Å²) >= 11 is 3.40. The summed E-state index contributed by atoms with van der Waals surface area (Å²) in [6, 6.07) is 13.4. The lowest BCUT2D eigenvalue weighted by Gasteiger charge is -2.06. The SMILES string of the molecule is CNCc1cccc(Oc2cccc(Br)c2)n1. The van der Waals surface area contributed by atoms with Gasteiger partial charge in [0.15, 0.2) is 0 Å². The van der Waals surface area contributed by atoms with Crippen LogP contribution in [0.2, 0.25) is 0 Å². The lowest BCUT2D eigenvalue weighted by atomic mass is 10.3. The Kier molecular flexibility index (Phi) is 4.12. The first-order valence-electron chi connectivity index (χ1n) is 5.32. The molecule has 1 aromatic carbocycles. The summed E-state index contributed by atoms with van der Waals surface area (Å²) in [6.07, 6.45) is 0. The van der Waals surface area contributed by atoms with Crippen molar-refractivity contribution in [2.75, 3.05) is 7.05 Å². The third-order valence-electron chi connectivity index (χ3n) is 2.16. The zero-order valence-electron chi connectivity index (χ0n) is 9.48. The number of hydrogen-bond donors (Lipinski definition) is 1. The first kappa shape index (κ1) is 12.1. The fraction of sp³-hybridized carbons (Fsp3) is 0.154. The van der Waals surface area contributed by atoms with E-state index < -0.39 is 0 Å². The van der Waals surface area contributed by atoms with Gasteiger partial charge in [0.05, 0.1) is 5.69 Å². The molecule has 0 aliphatic rings. The number of rotatable bonds is 4. The van der Waals surface area contributed by atoms with Gasteiger partial charge < -0.3 is 10.1 Å². The van der Waals surface area contributed by atoms with Crippen molar-refractivity contribution < 1.29 is 4.74 Å². The molecule has 0 aliphatic heterocycles. The molecule has 1 aromatic heterocycles. The van der Waals surface area contributed by atoms with Gasteiger partial charge in [0.25, 0.3) is 0 Å². The average molecular weight is 293 g/mol. The van der Waals surface area contributed by atoms with Gasteiger partial charge in [0.1, 0.15) is 5.75 Å². The number of hydrogen-bond acceptors (Lipinski definition) is 3. The highest BCUT2D eigenvalue weighted by Gasteiger charge is 2.00. The molecule has 4 heteroatoms. The molecule has 0 saturated carbocycles. The van der Waals surface area contributed by atoms with Crippen molar-refractivity contribution in [3.63, 3.8) is 0 Å². The van der Waals surface area contributed by atoms with Crippen LogP contribution in [0.25, 0.3) is 0 Å². The maximum atomic E-state index is 5.68. The molecule has 1 N–H and O–H groups in total. The monoisotopic (exact) mass is 292 g/mol. The zero-order valence-corrected chi connectivity index (χ0v) is 11.1. The molecule has 0 aliphatic carbocycles. The van der Waals surface area contributed by atoms with Gasteiger partial charge in [-0.15, -0.1) is 0 Å². The van der Waals surface area contributed by atoms with Crippen LogP contribution in [0, 0.1) is 0 Å². The number of nitrogens with one attached hydrogen (secondary N) is 1. The molecule has 2 rings (SSSR count). The van der Waals surface area contributed by atoms with Crippen LogP contribution in [0.15, 0.2) is 46.9 Å². The molecule has 17 heavy (non-hydrogen) atoms. The van der Waals surface area contributed by atoms with E-state index in [0.717, 1.165) is 22.5 Å². The van der Waals surface area contributed by atoms with Gasteiger partial charge in [0, 0.05) is 17.1 Å². The Morgan fingerprint density at radius 2 is 2.06 bits per heavy atom. The van der Waals surface area contributed by atoms with E-state index >= 15 is 0 Å². The fourth-order valence-corrected chi connectivity index (χ4v) is 1.82. The fourth-order valence-electron chi connectivity index (χ4n) is 1.45. The minimum atomic E-state index is 0.607. The van der Waals surface area contributed by atoms with Crippen molar-refractivity contribution in [2.24, 2.45) is 0 Å². The van der Waals surface area contributed by atoms with E-state index in [1.165, 1.54) is 0 Å². The summed E-state index contributed by atoms with van der Waals surface area (Å²) in [5, 5.41) is 3.06. The largest absolute Gasteiger partial charge is 0.439 e. The van der Waals surface area contributed by atoms with E-state index in [4.69, 9.17) is 4.74 Å². The Bertz CT molecular complexity index is 502. The Labute approximate surface area is 109 Å². The topological polar surface area (TPSA) is 34.1 Å². The molecule has 0 radical (unpaired) electrons. The summed E-state index contributed by atoms with van der Waals surface area (Å²) in [6.45, 7) is 0.732. The van der Waals surface area contributed by atoms with E-state index in [0.29, 0.717) is 5.88 Å². The van der Waals surface area contributed by atoms with Gasteiger partial charge in [-0.05, 0) is 31.3 Å². The molecule has 0 bridgehead atoms. The van der Waals surface area contributed by atoms with Crippen LogP contribution < -0.4 is 10.1 Å². The smallest absolute Gasteiger partial charge is 0.219 e. The second kappa shape index (κ2) is 5.80. The number of halogens is 1. The van der Waals surface area contributed by atoms with Crippen molar-refractivity contribution in [3.05, 3.63) is 52.6 Å². The summed E-state index contributed by atoms with van der Waals surface area (Å²) in [7, 11) is 1.89. The van der Waals surface area contributed by atoms with E-state index in [-0.39, 0.29) is 0 Å². The molecular weight excluding hydrogens is 280 g/mol. The number of aromatic nitrogens is 1. The Morgan fingerprint density at radius 3 is 2.82 bits per heavy atom. The van der Waals surface area contributed by atoms with Crippen molar-refractivity contribution in [1.82, 2.24) is 10.3 Å². The molecule has 0 unspecified atom stereocenters. The van der Waals surface area contributed by atoms with Crippen molar-refractivity contribution in [2.45, 2.75) is 6.54 Å². The zero-order chi connectivity index (χ0) is 12.1. The van der Waals surface area contributed by atoms with Crippen LogP contribution in [-0.4, -0.2) is 12.0 Å². The molecule has 2 aromatic rings. The van der Waals surface area contributed by atoms with E-state index in [1.807, 2.05) is 49.5 Å². The summed E-state index contributed by atoms with van der Waals surface area (Å²) in [5.41, 5.74) is 0.958. The van der Waals surface area contributed by atoms with Crippen molar-refractivity contribution in [1.29, 1.82) is 0 Å². The molecule has 0 amide bonds. The van der Waals surface area contributed by atoms with E-state index in [1.54, 1.807) is 0 Å². The van der Waals surface area contributed by atoms with Gasteiger partial charge in [-0.3, -0.25) is 0 Å². The molecule has 1 heterocycles. The first-order chi connectivity index (χ1) is 8.28. The number of ether oxygens (including phenoxy) is 1. The van der Waals surface area contributed by atoms with Gasteiger partial charge >= 0.3 is 0 Å². The molecular formula is C13H13BrN2O. The van der Waals surface area contributed by atoms with Gasteiger partial charge in [-0.1, -0.05) is 28.1 Å². The summed E-state index contributed by atoms with van der Waals surface area (Å²) in [4.78, 5) is 4.39. The first-order valence-corrected chi connectivity index (χ1v) is 6.11. The van der Waals surface area contributed by atoms with Crippen molar-refractivity contribution in [3.8, 4) is 11.6 Å². The molecule has 0 saturated heterocycles. The normalized spacial score (nSPS) is 10.2. The predicted molar refractivity (Wildman–Crippen MR) is 71.2 cm³/mol. The molecule has 0 fully saturated rings. The average Bonchev–Trinajstić information content (AvgIpc) is 2.30. The quantitative estimate of drug-likeness (QED) is 0.938. The van der Waals surface area contributed by atoms with Crippen LogP contribution in [0.4, 0.5) is 0 Å². The predicted octanol–water partition coefficient (Wildman–Crippen LogP) is 3.36. The Hall–Kier alpha value is -1.39. The third-order valence-corrected chi connectivity index (χ3v) is 2.65.